The van der Waals surface area contributed by atoms with Crippen LogP contribution in [0.1, 0.15) is 16.7 Å². The van der Waals surface area contributed by atoms with Crippen molar-refractivity contribution in [3.63, 3.8) is 0 Å². The van der Waals surface area contributed by atoms with E-state index in [1.165, 1.54) is 18.2 Å². The molecule has 0 N–H and O–H groups in total. The molecule has 2 nitrogen and oxygen atoms in total. The van der Waals surface area contributed by atoms with Crippen molar-refractivity contribution in [3.05, 3.63) is 70.8 Å². The van der Waals surface area contributed by atoms with Crippen molar-refractivity contribution >= 4 is 0 Å². The molecule has 1 heterocycles. The number of benzene rings is 2. The van der Waals surface area contributed by atoms with Gasteiger partial charge in [0.1, 0.15) is 11.6 Å². The Hall–Kier alpha value is -2.25. The summed E-state index contributed by atoms with van der Waals surface area (Å²) in [7, 11) is 0. The van der Waals surface area contributed by atoms with E-state index in [2.05, 4.69) is 11.0 Å². The van der Waals surface area contributed by atoms with Crippen LogP contribution >= 0.6 is 0 Å². The van der Waals surface area contributed by atoms with E-state index < -0.39 is 0 Å². The third-order valence-corrected chi connectivity index (χ3v) is 4.17. The molecule has 0 saturated carbocycles. The number of hydrogen-bond donors (Lipinski definition) is 0. The highest BCUT2D eigenvalue weighted by atomic mass is 19.1. The first-order chi connectivity index (χ1) is 10.7. The molecular formula is C18H16F2N2. The van der Waals surface area contributed by atoms with Crippen molar-refractivity contribution in [1.29, 1.82) is 5.26 Å². The molecule has 0 fully saturated rings. The number of nitrogens with zero attached hydrogens (tertiary/aromatic N) is 2. The fourth-order valence-corrected chi connectivity index (χ4v) is 3.04. The molecular weight excluding hydrogens is 282 g/mol. The van der Waals surface area contributed by atoms with Crippen LogP contribution < -0.4 is 0 Å². The van der Waals surface area contributed by atoms with E-state index in [1.807, 2.05) is 0 Å². The molecule has 0 amide bonds. The van der Waals surface area contributed by atoms with Gasteiger partial charge in [0.25, 0.3) is 0 Å². The topological polar surface area (TPSA) is 27.0 Å². The predicted octanol–water partition coefficient (Wildman–Crippen LogP) is 3.46. The van der Waals surface area contributed by atoms with Crippen molar-refractivity contribution in [3.8, 4) is 6.07 Å². The molecule has 1 aliphatic rings. The summed E-state index contributed by atoms with van der Waals surface area (Å²) >= 11 is 0. The standard InChI is InChI=1S/C18H16F2N2/c19-16-4-1-13(2-5-16)9-18-11-15-10-17(20)6-3-14(15)12-22(18)8-7-21/h1-6,10,18H,8-9,11-12H2. The summed E-state index contributed by atoms with van der Waals surface area (Å²) in [6.45, 7) is 0.984. The lowest BCUT2D eigenvalue weighted by Gasteiger charge is -2.35. The van der Waals surface area contributed by atoms with E-state index in [4.69, 9.17) is 5.26 Å². The molecule has 112 valence electrons. The number of halogens is 2. The van der Waals surface area contributed by atoms with Crippen LogP contribution in [0.15, 0.2) is 42.5 Å². The normalized spacial score (nSPS) is 17.8. The lowest BCUT2D eigenvalue weighted by Crippen LogP contribution is -2.42. The van der Waals surface area contributed by atoms with Gasteiger partial charge in [-0.25, -0.2) is 8.78 Å². The SMILES string of the molecule is N#CCN1Cc2ccc(F)cc2CC1Cc1ccc(F)cc1. The van der Waals surface area contributed by atoms with Crippen LogP contribution in [0.25, 0.3) is 0 Å². The first-order valence-corrected chi connectivity index (χ1v) is 7.28. The number of rotatable bonds is 3. The first kappa shape index (κ1) is 14.7. The predicted molar refractivity (Wildman–Crippen MR) is 80.0 cm³/mol. The summed E-state index contributed by atoms with van der Waals surface area (Å²) in [6, 6.07) is 13.6. The Labute approximate surface area is 128 Å². The Balaban J connectivity index is 1.84. The van der Waals surface area contributed by atoms with Crippen molar-refractivity contribution in [2.75, 3.05) is 6.54 Å². The van der Waals surface area contributed by atoms with Gasteiger partial charge in [0, 0.05) is 12.6 Å². The maximum absolute atomic E-state index is 13.4. The van der Waals surface area contributed by atoms with E-state index in [0.29, 0.717) is 19.5 Å². The van der Waals surface area contributed by atoms with Gasteiger partial charge in [0.05, 0.1) is 12.6 Å². The van der Waals surface area contributed by atoms with Gasteiger partial charge in [-0.3, -0.25) is 4.90 Å². The van der Waals surface area contributed by atoms with Crippen molar-refractivity contribution in [2.45, 2.75) is 25.4 Å². The second-order valence-corrected chi connectivity index (χ2v) is 5.66. The van der Waals surface area contributed by atoms with E-state index in [0.717, 1.165) is 23.1 Å². The highest BCUT2D eigenvalue weighted by Gasteiger charge is 2.26. The van der Waals surface area contributed by atoms with Gasteiger partial charge in [0.2, 0.25) is 0 Å². The molecule has 4 heteroatoms. The number of nitriles is 1. The average Bonchev–Trinajstić information content (AvgIpc) is 2.50. The van der Waals surface area contributed by atoms with Gasteiger partial charge in [-0.2, -0.15) is 5.26 Å². The van der Waals surface area contributed by atoms with E-state index in [9.17, 15) is 8.78 Å². The Morgan fingerprint density at radius 2 is 1.77 bits per heavy atom. The van der Waals surface area contributed by atoms with Crippen LogP contribution in [-0.2, 0) is 19.4 Å². The second kappa shape index (κ2) is 6.25. The van der Waals surface area contributed by atoms with Crippen LogP contribution in [-0.4, -0.2) is 17.5 Å². The highest BCUT2D eigenvalue weighted by Crippen LogP contribution is 2.26. The largest absolute Gasteiger partial charge is 0.283 e. The minimum absolute atomic E-state index is 0.124. The Bertz CT molecular complexity index is 704. The smallest absolute Gasteiger partial charge is 0.123 e. The fourth-order valence-electron chi connectivity index (χ4n) is 3.04. The molecule has 1 unspecified atom stereocenters. The van der Waals surface area contributed by atoms with Gasteiger partial charge >= 0.3 is 0 Å². The zero-order valence-corrected chi connectivity index (χ0v) is 12.1. The lowest BCUT2D eigenvalue weighted by atomic mass is 9.90. The number of fused-ring (bicyclic) bond motifs is 1. The lowest BCUT2D eigenvalue weighted by molar-refractivity contribution is 0.192. The van der Waals surface area contributed by atoms with Crippen LogP contribution in [0.3, 0.4) is 0 Å². The zero-order valence-electron chi connectivity index (χ0n) is 12.1. The highest BCUT2D eigenvalue weighted by molar-refractivity contribution is 5.32. The summed E-state index contributed by atoms with van der Waals surface area (Å²) in [4.78, 5) is 2.10. The first-order valence-electron chi connectivity index (χ1n) is 7.28. The molecule has 1 aliphatic heterocycles. The molecule has 3 rings (SSSR count). The average molecular weight is 298 g/mol. The van der Waals surface area contributed by atoms with Crippen LogP contribution in [0.4, 0.5) is 8.78 Å². The van der Waals surface area contributed by atoms with Crippen LogP contribution in [0.5, 0.6) is 0 Å². The second-order valence-electron chi connectivity index (χ2n) is 5.66. The molecule has 0 aliphatic carbocycles. The molecule has 22 heavy (non-hydrogen) atoms. The molecule has 0 radical (unpaired) electrons. The van der Waals surface area contributed by atoms with Crippen molar-refractivity contribution < 1.29 is 8.78 Å². The summed E-state index contributed by atoms with van der Waals surface area (Å²) in [5.74, 6) is -0.485. The quantitative estimate of drug-likeness (QED) is 0.811. The van der Waals surface area contributed by atoms with Gasteiger partial charge < -0.3 is 0 Å². The molecule has 2 aromatic rings. The van der Waals surface area contributed by atoms with Crippen LogP contribution in [0, 0.1) is 23.0 Å². The Kier molecular flexibility index (Phi) is 4.17. The Morgan fingerprint density at radius 3 is 2.50 bits per heavy atom. The molecule has 1 atom stereocenters. The molecule has 0 spiro atoms. The summed E-state index contributed by atoms with van der Waals surface area (Å²) in [5, 5.41) is 9.03. The minimum Gasteiger partial charge on any atom is -0.283 e. The third kappa shape index (κ3) is 3.15. The monoisotopic (exact) mass is 298 g/mol. The van der Waals surface area contributed by atoms with E-state index >= 15 is 0 Å². The third-order valence-electron chi connectivity index (χ3n) is 4.17. The Morgan fingerprint density at radius 1 is 1.05 bits per heavy atom. The van der Waals surface area contributed by atoms with Gasteiger partial charge in [-0.15, -0.1) is 0 Å². The van der Waals surface area contributed by atoms with E-state index in [-0.39, 0.29) is 17.7 Å². The van der Waals surface area contributed by atoms with Crippen molar-refractivity contribution in [2.24, 2.45) is 0 Å². The summed E-state index contributed by atoms with van der Waals surface area (Å²) in [6.07, 6.45) is 1.42. The van der Waals surface area contributed by atoms with E-state index in [1.54, 1.807) is 24.3 Å². The van der Waals surface area contributed by atoms with Gasteiger partial charge in [-0.05, 0) is 53.8 Å². The molecule has 2 aromatic carbocycles. The number of hydrogen-bond acceptors (Lipinski definition) is 2. The summed E-state index contributed by atoms with van der Waals surface area (Å²) < 4.78 is 26.4. The fraction of sp³-hybridized carbons (Fsp3) is 0.278. The molecule has 0 bridgehead atoms. The maximum atomic E-state index is 13.4. The van der Waals surface area contributed by atoms with Crippen LogP contribution in [0.2, 0.25) is 0 Å². The van der Waals surface area contributed by atoms with Gasteiger partial charge in [-0.1, -0.05) is 18.2 Å². The zero-order chi connectivity index (χ0) is 15.5. The van der Waals surface area contributed by atoms with Crippen molar-refractivity contribution in [1.82, 2.24) is 4.90 Å². The summed E-state index contributed by atoms with van der Waals surface area (Å²) in [5.41, 5.74) is 3.10. The van der Waals surface area contributed by atoms with Gasteiger partial charge in [0.15, 0.2) is 0 Å². The minimum atomic E-state index is -0.256. The molecule has 0 saturated heterocycles. The molecule has 0 aromatic heterocycles. The maximum Gasteiger partial charge on any atom is 0.123 e.